The number of rotatable bonds is 9. The first-order valence-electron chi connectivity index (χ1n) is 10.9. The molecule has 3 N–H and O–H groups in total. The highest BCUT2D eigenvalue weighted by Gasteiger charge is 2.30. The Hall–Kier alpha value is -3.35. The van der Waals surface area contributed by atoms with Crippen molar-refractivity contribution in [3.05, 3.63) is 59.7 Å². The summed E-state index contributed by atoms with van der Waals surface area (Å²) in [4.78, 5) is 35.9. The van der Waals surface area contributed by atoms with Crippen LogP contribution in [0.5, 0.6) is 0 Å². The van der Waals surface area contributed by atoms with E-state index in [2.05, 4.69) is 22.8 Å². The molecule has 0 saturated carbocycles. The van der Waals surface area contributed by atoms with E-state index in [1.165, 1.54) is 0 Å². The molecule has 0 heterocycles. The minimum absolute atomic E-state index is 0.0341. The number of carboxylic acid groups (broad SMARTS) is 1. The summed E-state index contributed by atoms with van der Waals surface area (Å²) in [5, 5.41) is 14.2. The van der Waals surface area contributed by atoms with Crippen molar-refractivity contribution in [2.45, 2.75) is 51.6 Å². The smallest absolute Gasteiger partial charge is 0.407 e. The van der Waals surface area contributed by atoms with Gasteiger partial charge < -0.3 is 20.5 Å². The number of nitrogens with one attached hydrogen (secondary N) is 2. The van der Waals surface area contributed by atoms with Crippen LogP contribution in [0.2, 0.25) is 0 Å². The van der Waals surface area contributed by atoms with E-state index in [-0.39, 0.29) is 36.8 Å². The van der Waals surface area contributed by atoms with Crippen LogP contribution in [0, 0.1) is 5.92 Å². The molecule has 1 aliphatic rings. The van der Waals surface area contributed by atoms with E-state index in [4.69, 9.17) is 9.84 Å². The van der Waals surface area contributed by atoms with E-state index < -0.39 is 18.1 Å². The normalized spacial score (nSPS) is 14.2. The number of ether oxygens (including phenoxy) is 1. The maximum absolute atomic E-state index is 12.6. The molecule has 0 bridgehead atoms. The highest BCUT2D eigenvalue weighted by molar-refractivity contribution is 5.86. The molecule has 0 radical (unpaired) electrons. The second-order valence-electron chi connectivity index (χ2n) is 8.53. The SMILES string of the molecule is CC(CCC(=O)O)NC(=O)[C@@H](NC(=O)OCC1c2ccccc2-c2ccccc21)C(C)C. The van der Waals surface area contributed by atoms with Crippen LogP contribution in [0.15, 0.2) is 48.5 Å². The van der Waals surface area contributed by atoms with Gasteiger partial charge in [0, 0.05) is 18.4 Å². The third-order valence-electron chi connectivity index (χ3n) is 5.75. The first kappa shape index (κ1) is 23.3. The molecule has 0 spiro atoms. The zero-order valence-electron chi connectivity index (χ0n) is 18.6. The van der Waals surface area contributed by atoms with Gasteiger partial charge in [-0.05, 0) is 41.5 Å². The predicted octanol–water partition coefficient (Wildman–Crippen LogP) is 3.92. The maximum Gasteiger partial charge on any atom is 0.407 e. The fourth-order valence-corrected chi connectivity index (χ4v) is 4.05. The van der Waals surface area contributed by atoms with E-state index in [1.807, 2.05) is 50.2 Å². The number of fused-ring (bicyclic) bond motifs is 3. The Morgan fingerprint density at radius 2 is 1.50 bits per heavy atom. The van der Waals surface area contributed by atoms with Gasteiger partial charge in [-0.25, -0.2) is 4.79 Å². The average Bonchev–Trinajstić information content (AvgIpc) is 3.08. The molecule has 1 unspecified atom stereocenters. The van der Waals surface area contributed by atoms with Gasteiger partial charge in [0.2, 0.25) is 5.91 Å². The molecule has 3 rings (SSSR count). The fraction of sp³-hybridized carbons (Fsp3) is 0.400. The molecular formula is C25H30N2O5. The lowest BCUT2D eigenvalue weighted by Crippen LogP contribution is -2.51. The van der Waals surface area contributed by atoms with E-state index >= 15 is 0 Å². The lowest BCUT2D eigenvalue weighted by atomic mass is 9.98. The van der Waals surface area contributed by atoms with Crippen molar-refractivity contribution in [2.75, 3.05) is 6.61 Å². The minimum Gasteiger partial charge on any atom is -0.481 e. The van der Waals surface area contributed by atoms with Crippen molar-refractivity contribution >= 4 is 18.0 Å². The van der Waals surface area contributed by atoms with Crippen molar-refractivity contribution in [3.8, 4) is 11.1 Å². The summed E-state index contributed by atoms with van der Waals surface area (Å²) < 4.78 is 5.55. The van der Waals surface area contributed by atoms with Gasteiger partial charge in [0.05, 0.1) is 0 Å². The van der Waals surface area contributed by atoms with Gasteiger partial charge >= 0.3 is 12.1 Å². The van der Waals surface area contributed by atoms with Crippen LogP contribution in [-0.2, 0) is 14.3 Å². The number of carbonyl (C=O) groups is 3. The number of hydrogen-bond acceptors (Lipinski definition) is 4. The Kier molecular flexibility index (Phi) is 7.51. The van der Waals surface area contributed by atoms with Crippen LogP contribution in [0.25, 0.3) is 11.1 Å². The number of carbonyl (C=O) groups excluding carboxylic acids is 2. The molecule has 2 aromatic carbocycles. The molecule has 1 aliphatic carbocycles. The first-order chi connectivity index (χ1) is 15.3. The van der Waals surface area contributed by atoms with Gasteiger partial charge in [0.15, 0.2) is 0 Å². The molecule has 7 heteroatoms. The molecular weight excluding hydrogens is 408 g/mol. The summed E-state index contributed by atoms with van der Waals surface area (Å²) in [7, 11) is 0. The lowest BCUT2D eigenvalue weighted by molar-refractivity contribution is -0.137. The van der Waals surface area contributed by atoms with Crippen LogP contribution in [0.1, 0.15) is 50.7 Å². The van der Waals surface area contributed by atoms with Gasteiger partial charge in [0.1, 0.15) is 12.6 Å². The van der Waals surface area contributed by atoms with Gasteiger partial charge in [-0.15, -0.1) is 0 Å². The van der Waals surface area contributed by atoms with Crippen LogP contribution >= 0.6 is 0 Å². The lowest BCUT2D eigenvalue weighted by Gasteiger charge is -2.24. The van der Waals surface area contributed by atoms with E-state index in [9.17, 15) is 14.4 Å². The van der Waals surface area contributed by atoms with Gasteiger partial charge in [-0.1, -0.05) is 62.4 Å². The van der Waals surface area contributed by atoms with Crippen molar-refractivity contribution in [3.63, 3.8) is 0 Å². The number of benzene rings is 2. The third-order valence-corrected chi connectivity index (χ3v) is 5.75. The van der Waals surface area contributed by atoms with E-state index in [1.54, 1.807) is 6.92 Å². The molecule has 32 heavy (non-hydrogen) atoms. The number of amides is 2. The fourth-order valence-electron chi connectivity index (χ4n) is 4.05. The van der Waals surface area contributed by atoms with Crippen molar-refractivity contribution in [1.82, 2.24) is 10.6 Å². The zero-order chi connectivity index (χ0) is 23.3. The standard InChI is InChI=1S/C25H30N2O5/c1-15(2)23(24(30)26-16(3)12-13-22(28)29)27-25(31)32-14-21-19-10-6-4-8-17(19)18-9-5-7-11-20(18)21/h4-11,15-16,21,23H,12-14H2,1-3H3,(H,26,30)(H,27,31)(H,28,29)/t16?,23-/m0/s1. The van der Waals surface area contributed by atoms with Crippen LogP contribution in [0.4, 0.5) is 4.79 Å². The van der Waals surface area contributed by atoms with Crippen molar-refractivity contribution in [2.24, 2.45) is 5.92 Å². The monoisotopic (exact) mass is 438 g/mol. The Labute approximate surface area is 188 Å². The third kappa shape index (κ3) is 5.46. The molecule has 2 aromatic rings. The number of alkyl carbamates (subject to hydrolysis) is 1. The molecule has 2 atom stereocenters. The highest BCUT2D eigenvalue weighted by Crippen LogP contribution is 2.44. The van der Waals surface area contributed by atoms with E-state index in [0.717, 1.165) is 22.3 Å². The molecule has 2 amide bonds. The second kappa shape index (κ2) is 10.3. The number of carboxylic acids is 1. The summed E-state index contributed by atoms with van der Waals surface area (Å²) in [6.45, 7) is 5.57. The molecule has 0 aromatic heterocycles. The Balaban J connectivity index is 1.60. The predicted molar refractivity (Wildman–Crippen MR) is 121 cm³/mol. The Morgan fingerprint density at radius 3 is 2.03 bits per heavy atom. The number of hydrogen-bond donors (Lipinski definition) is 3. The summed E-state index contributed by atoms with van der Waals surface area (Å²) in [6, 6.07) is 15.1. The Morgan fingerprint density at radius 1 is 0.938 bits per heavy atom. The molecule has 170 valence electrons. The summed E-state index contributed by atoms with van der Waals surface area (Å²) in [5.74, 6) is -1.49. The van der Waals surface area contributed by atoms with Gasteiger partial charge in [0.25, 0.3) is 0 Å². The highest BCUT2D eigenvalue weighted by atomic mass is 16.5. The summed E-state index contributed by atoms with van der Waals surface area (Å²) in [5.41, 5.74) is 4.53. The first-order valence-corrected chi connectivity index (χ1v) is 10.9. The average molecular weight is 439 g/mol. The summed E-state index contributed by atoms with van der Waals surface area (Å²) in [6.07, 6.45) is -0.372. The summed E-state index contributed by atoms with van der Waals surface area (Å²) >= 11 is 0. The molecule has 0 fully saturated rings. The second-order valence-corrected chi connectivity index (χ2v) is 8.53. The van der Waals surface area contributed by atoms with Crippen molar-refractivity contribution < 1.29 is 24.2 Å². The molecule has 0 aliphatic heterocycles. The van der Waals surface area contributed by atoms with Crippen LogP contribution < -0.4 is 10.6 Å². The molecule has 0 saturated heterocycles. The van der Waals surface area contributed by atoms with Gasteiger partial charge in [-0.2, -0.15) is 0 Å². The van der Waals surface area contributed by atoms with Gasteiger partial charge in [-0.3, -0.25) is 9.59 Å². The quantitative estimate of drug-likeness (QED) is 0.550. The van der Waals surface area contributed by atoms with E-state index in [0.29, 0.717) is 6.42 Å². The maximum atomic E-state index is 12.6. The zero-order valence-corrected chi connectivity index (χ0v) is 18.6. The largest absolute Gasteiger partial charge is 0.481 e. The Bertz CT molecular complexity index is 942. The number of aliphatic carboxylic acids is 1. The topological polar surface area (TPSA) is 105 Å². The molecule has 7 nitrogen and oxygen atoms in total. The van der Waals surface area contributed by atoms with Crippen molar-refractivity contribution in [1.29, 1.82) is 0 Å². The van der Waals surface area contributed by atoms with Crippen LogP contribution in [0.3, 0.4) is 0 Å². The minimum atomic E-state index is -0.914. The van der Waals surface area contributed by atoms with Crippen LogP contribution in [-0.4, -0.2) is 41.8 Å².